The van der Waals surface area contributed by atoms with E-state index in [0.717, 1.165) is 17.6 Å². The lowest BCUT2D eigenvalue weighted by Gasteiger charge is -2.20. The van der Waals surface area contributed by atoms with E-state index < -0.39 is 11.7 Å². The van der Waals surface area contributed by atoms with Gasteiger partial charge in [-0.05, 0) is 30.3 Å². The Bertz CT molecular complexity index is 1020. The van der Waals surface area contributed by atoms with Crippen molar-refractivity contribution < 1.29 is 18.3 Å². The summed E-state index contributed by atoms with van der Waals surface area (Å²) in [5.74, 6) is 0.0792. The molecule has 4 rings (SSSR count). The van der Waals surface area contributed by atoms with Crippen molar-refractivity contribution >= 4 is 28.1 Å². The summed E-state index contributed by atoms with van der Waals surface area (Å²) in [4.78, 5) is 8.70. The maximum absolute atomic E-state index is 12.9. The topological polar surface area (TPSA) is 76.0 Å². The van der Waals surface area contributed by atoms with Gasteiger partial charge in [-0.3, -0.25) is 5.41 Å². The second-order valence-electron chi connectivity index (χ2n) is 5.91. The molecule has 0 atom stereocenters. The van der Waals surface area contributed by atoms with Crippen LogP contribution in [0.4, 0.5) is 18.9 Å². The van der Waals surface area contributed by atoms with Gasteiger partial charge in [0, 0.05) is 5.69 Å². The molecule has 0 saturated carbocycles. The van der Waals surface area contributed by atoms with Crippen LogP contribution in [0.15, 0.2) is 54.3 Å². The van der Waals surface area contributed by atoms with Gasteiger partial charge in [-0.25, -0.2) is 4.98 Å². The lowest BCUT2D eigenvalue weighted by atomic mass is 10.1. The first-order chi connectivity index (χ1) is 12.3. The number of amidine groups is 1. The SMILES string of the molecule is N=C1C(c2nc3ccccc3[nH]2)=C(O)CN1c1cccc(C(F)(F)F)c1. The maximum atomic E-state index is 12.9. The quantitative estimate of drug-likeness (QED) is 0.637. The van der Waals surface area contributed by atoms with Crippen LogP contribution in [-0.2, 0) is 6.18 Å². The second-order valence-corrected chi connectivity index (χ2v) is 5.91. The molecule has 0 spiro atoms. The van der Waals surface area contributed by atoms with Crippen molar-refractivity contribution in [3.8, 4) is 0 Å². The normalized spacial score (nSPS) is 15.3. The molecule has 0 fully saturated rings. The summed E-state index contributed by atoms with van der Waals surface area (Å²) in [6, 6.07) is 11.9. The molecule has 0 amide bonds. The molecule has 8 heteroatoms. The average Bonchev–Trinajstić information content (AvgIpc) is 3.14. The number of H-pyrrole nitrogens is 1. The molecule has 132 valence electrons. The van der Waals surface area contributed by atoms with Gasteiger partial charge in [0.2, 0.25) is 0 Å². The van der Waals surface area contributed by atoms with Gasteiger partial charge in [0.25, 0.3) is 0 Å². The van der Waals surface area contributed by atoms with Gasteiger partial charge < -0.3 is 15.0 Å². The summed E-state index contributed by atoms with van der Waals surface area (Å²) in [6.07, 6.45) is -4.48. The fraction of sp³-hybridized carbons (Fsp3) is 0.111. The number of alkyl halides is 3. The van der Waals surface area contributed by atoms with Crippen LogP contribution in [0, 0.1) is 5.41 Å². The fourth-order valence-electron chi connectivity index (χ4n) is 2.97. The number of aromatic amines is 1. The third-order valence-electron chi connectivity index (χ3n) is 4.21. The molecule has 1 aliphatic heterocycles. The lowest BCUT2D eigenvalue weighted by molar-refractivity contribution is -0.137. The third-order valence-corrected chi connectivity index (χ3v) is 4.21. The molecule has 0 radical (unpaired) electrons. The number of nitrogens with one attached hydrogen (secondary N) is 2. The van der Waals surface area contributed by atoms with Crippen LogP contribution in [-0.4, -0.2) is 27.5 Å². The number of halogens is 3. The smallest absolute Gasteiger partial charge is 0.416 e. The van der Waals surface area contributed by atoms with E-state index in [1.165, 1.54) is 17.0 Å². The number of aromatic nitrogens is 2. The fourth-order valence-corrected chi connectivity index (χ4v) is 2.97. The van der Waals surface area contributed by atoms with Gasteiger partial charge in [-0.2, -0.15) is 13.2 Å². The number of anilines is 1. The zero-order chi connectivity index (χ0) is 18.5. The molecular weight excluding hydrogens is 345 g/mol. The van der Waals surface area contributed by atoms with E-state index >= 15 is 0 Å². The van der Waals surface area contributed by atoms with Crippen molar-refractivity contribution in [2.45, 2.75) is 6.18 Å². The highest BCUT2D eigenvalue weighted by Crippen LogP contribution is 2.35. The Morgan fingerprint density at radius 2 is 1.88 bits per heavy atom. The summed E-state index contributed by atoms with van der Waals surface area (Å²) in [7, 11) is 0. The third kappa shape index (κ3) is 2.59. The van der Waals surface area contributed by atoms with Crippen LogP contribution in [0.3, 0.4) is 0 Å². The minimum absolute atomic E-state index is 0.0908. The molecule has 2 aromatic carbocycles. The van der Waals surface area contributed by atoms with Gasteiger partial charge in [0.1, 0.15) is 17.4 Å². The number of hydrogen-bond donors (Lipinski definition) is 3. The summed E-state index contributed by atoms with van der Waals surface area (Å²) >= 11 is 0. The van der Waals surface area contributed by atoms with Crippen LogP contribution in [0.2, 0.25) is 0 Å². The number of para-hydroxylation sites is 2. The predicted octanol–water partition coefficient (Wildman–Crippen LogP) is 4.35. The van der Waals surface area contributed by atoms with Gasteiger partial charge >= 0.3 is 6.18 Å². The highest BCUT2D eigenvalue weighted by atomic mass is 19.4. The largest absolute Gasteiger partial charge is 0.509 e. The van der Waals surface area contributed by atoms with E-state index in [9.17, 15) is 18.3 Å². The Balaban J connectivity index is 1.71. The Morgan fingerprint density at radius 3 is 2.62 bits per heavy atom. The van der Waals surface area contributed by atoms with Gasteiger partial charge in [-0.15, -0.1) is 0 Å². The van der Waals surface area contributed by atoms with Crippen LogP contribution >= 0.6 is 0 Å². The van der Waals surface area contributed by atoms with Crippen molar-refractivity contribution in [1.29, 1.82) is 5.41 Å². The van der Waals surface area contributed by atoms with Crippen LogP contribution in [0.1, 0.15) is 11.4 Å². The zero-order valence-corrected chi connectivity index (χ0v) is 13.3. The number of aliphatic hydroxyl groups excluding tert-OH is 1. The minimum atomic E-state index is -4.48. The summed E-state index contributed by atoms with van der Waals surface area (Å²) in [5, 5.41) is 18.6. The number of aliphatic hydroxyl groups is 1. The summed E-state index contributed by atoms with van der Waals surface area (Å²) < 4.78 is 38.8. The molecule has 26 heavy (non-hydrogen) atoms. The van der Waals surface area contributed by atoms with Gasteiger partial charge in [0.15, 0.2) is 0 Å². The number of benzene rings is 2. The predicted molar refractivity (Wildman–Crippen MR) is 92.2 cm³/mol. The molecule has 0 aliphatic carbocycles. The Kier molecular flexibility index (Phi) is 3.50. The van der Waals surface area contributed by atoms with Gasteiger partial charge in [-0.1, -0.05) is 18.2 Å². The first-order valence-electron chi connectivity index (χ1n) is 7.75. The van der Waals surface area contributed by atoms with Crippen molar-refractivity contribution in [2.24, 2.45) is 0 Å². The molecule has 1 aliphatic rings. The van der Waals surface area contributed by atoms with Gasteiger partial charge in [0.05, 0.1) is 28.7 Å². The molecular formula is C18H13F3N4O. The summed E-state index contributed by atoms with van der Waals surface area (Å²) in [5.41, 5.74) is 0.974. The first-order valence-corrected chi connectivity index (χ1v) is 7.75. The molecule has 0 unspecified atom stereocenters. The highest BCUT2D eigenvalue weighted by Gasteiger charge is 2.34. The standard InChI is InChI=1S/C18H13F3N4O/c19-18(20,21)10-4-3-5-11(8-10)25-9-14(26)15(16(25)22)17-23-12-6-1-2-7-13(12)24-17/h1-8,22,26H,9H2,(H,23,24). The Hall–Kier alpha value is -3.29. The molecule has 2 heterocycles. The lowest BCUT2D eigenvalue weighted by Crippen LogP contribution is -2.26. The van der Waals surface area contributed by atoms with E-state index in [1.54, 1.807) is 6.07 Å². The monoisotopic (exact) mass is 358 g/mol. The van der Waals surface area contributed by atoms with E-state index in [-0.39, 0.29) is 29.4 Å². The number of rotatable bonds is 2. The number of fused-ring (bicyclic) bond motifs is 1. The van der Waals surface area contributed by atoms with Crippen LogP contribution < -0.4 is 4.90 Å². The molecule has 3 aromatic rings. The number of nitrogens with zero attached hydrogens (tertiary/aromatic N) is 2. The second kappa shape index (κ2) is 5.62. The van der Waals surface area contributed by atoms with E-state index in [2.05, 4.69) is 9.97 Å². The minimum Gasteiger partial charge on any atom is -0.509 e. The molecule has 0 bridgehead atoms. The Morgan fingerprint density at radius 1 is 1.12 bits per heavy atom. The molecule has 5 nitrogen and oxygen atoms in total. The summed E-state index contributed by atoms with van der Waals surface area (Å²) in [6.45, 7) is -0.0908. The Labute approximate surface area is 145 Å². The molecule has 1 aromatic heterocycles. The van der Waals surface area contributed by atoms with E-state index in [4.69, 9.17) is 5.41 Å². The van der Waals surface area contributed by atoms with Crippen molar-refractivity contribution in [3.05, 3.63) is 65.7 Å². The highest BCUT2D eigenvalue weighted by molar-refractivity contribution is 6.30. The zero-order valence-electron chi connectivity index (χ0n) is 13.3. The van der Waals surface area contributed by atoms with Crippen molar-refractivity contribution in [1.82, 2.24) is 9.97 Å². The van der Waals surface area contributed by atoms with Crippen LogP contribution in [0.5, 0.6) is 0 Å². The van der Waals surface area contributed by atoms with E-state index in [0.29, 0.717) is 11.3 Å². The number of hydrogen-bond acceptors (Lipinski definition) is 3. The van der Waals surface area contributed by atoms with Crippen molar-refractivity contribution in [3.63, 3.8) is 0 Å². The first kappa shape index (κ1) is 16.2. The van der Waals surface area contributed by atoms with Crippen molar-refractivity contribution in [2.75, 3.05) is 11.4 Å². The van der Waals surface area contributed by atoms with E-state index in [1.807, 2.05) is 18.2 Å². The van der Waals surface area contributed by atoms with Crippen LogP contribution in [0.25, 0.3) is 16.6 Å². The number of imidazole rings is 1. The maximum Gasteiger partial charge on any atom is 0.416 e. The molecule has 0 saturated heterocycles. The average molecular weight is 358 g/mol. The molecule has 3 N–H and O–H groups in total.